The van der Waals surface area contributed by atoms with Gasteiger partial charge in [-0.1, -0.05) is 12.8 Å². The van der Waals surface area contributed by atoms with Crippen molar-refractivity contribution in [1.29, 1.82) is 0 Å². The summed E-state index contributed by atoms with van der Waals surface area (Å²) in [4.78, 5) is 44.6. The van der Waals surface area contributed by atoms with Gasteiger partial charge in [-0.3, -0.25) is 4.79 Å². The Morgan fingerprint density at radius 3 is 2.22 bits per heavy atom. The highest BCUT2D eigenvalue weighted by Crippen LogP contribution is 2.38. The number of anilines is 3. The van der Waals surface area contributed by atoms with Crippen molar-refractivity contribution in [3.8, 4) is 0 Å². The van der Waals surface area contributed by atoms with Gasteiger partial charge in [0.15, 0.2) is 5.69 Å². The first-order valence-corrected chi connectivity index (χ1v) is 16.3. The number of amides is 1. The van der Waals surface area contributed by atoms with Crippen LogP contribution in [0.15, 0.2) is 49.2 Å². The van der Waals surface area contributed by atoms with Crippen molar-refractivity contribution in [2.45, 2.75) is 64.0 Å². The van der Waals surface area contributed by atoms with Crippen LogP contribution in [0.1, 0.15) is 71.6 Å². The molecule has 0 bridgehead atoms. The standard InChI is InChI=1S/C20H23N7O.C13H17N3O2/c1-13-8-17-9-15(5-7-27(17)25-13)24-20(28)18-10-22-19(11-21-18)26-6-4-16(12-26)23-14-2-3-14;17-13(18)11-6-15-12(7-14-11)16-4-3-10(8-16)5-9-1-2-9/h5,7-11,14,16,23H,2-4,6,12H2,1H3,(H,24,28);6-7,9-10H,1-5,8H2,(H,17,18). The SMILES string of the molecule is Cc1cc2cc(NC(=O)c3cnc(N4CCC(NC5CC5)C4)cn3)ccn2n1.O=C(O)c1cnc(N2CCC(CC3CC3)C2)cn1. The summed E-state index contributed by atoms with van der Waals surface area (Å²) in [6.07, 6.45) is 17.1. The average molecular weight is 625 g/mol. The van der Waals surface area contributed by atoms with E-state index in [0.717, 1.165) is 67.3 Å². The molecule has 13 nitrogen and oxygen atoms in total. The molecule has 4 aliphatic rings. The third kappa shape index (κ3) is 7.41. The molecule has 3 N–H and O–H groups in total. The molecule has 2 saturated heterocycles. The fraction of sp³-hybridized carbons (Fsp3) is 0.485. The highest BCUT2D eigenvalue weighted by molar-refractivity contribution is 6.03. The van der Waals surface area contributed by atoms with Crippen LogP contribution in [0, 0.1) is 18.8 Å². The maximum Gasteiger partial charge on any atom is 0.356 e. The lowest BCUT2D eigenvalue weighted by Gasteiger charge is -2.17. The third-order valence-electron chi connectivity index (χ3n) is 9.11. The van der Waals surface area contributed by atoms with E-state index in [1.807, 2.05) is 31.3 Å². The molecule has 8 rings (SSSR count). The number of rotatable bonds is 9. The molecule has 2 aliphatic heterocycles. The van der Waals surface area contributed by atoms with Crippen molar-refractivity contribution >= 4 is 34.7 Å². The number of carbonyl (C=O) groups excluding carboxylic acids is 1. The summed E-state index contributed by atoms with van der Waals surface area (Å²) < 4.78 is 1.78. The van der Waals surface area contributed by atoms with E-state index >= 15 is 0 Å². The Bertz CT molecular complexity index is 1680. The fourth-order valence-electron chi connectivity index (χ4n) is 6.34. The zero-order valence-electron chi connectivity index (χ0n) is 26.0. The monoisotopic (exact) mass is 624 g/mol. The lowest BCUT2D eigenvalue weighted by atomic mass is 10.0. The van der Waals surface area contributed by atoms with Crippen molar-refractivity contribution in [2.24, 2.45) is 11.8 Å². The second kappa shape index (κ2) is 13.0. The van der Waals surface area contributed by atoms with Gasteiger partial charge in [-0.2, -0.15) is 5.10 Å². The zero-order valence-corrected chi connectivity index (χ0v) is 26.0. The molecule has 1 amide bonds. The normalized spacial score (nSPS) is 20.9. The average Bonchev–Trinajstić information content (AvgIpc) is 3.91. The summed E-state index contributed by atoms with van der Waals surface area (Å²) in [5, 5.41) is 19.7. The Morgan fingerprint density at radius 2 is 1.54 bits per heavy atom. The summed E-state index contributed by atoms with van der Waals surface area (Å²) in [5.41, 5.74) is 2.88. The molecule has 240 valence electrons. The molecule has 0 radical (unpaired) electrons. The molecular weight excluding hydrogens is 584 g/mol. The number of aryl methyl sites for hydroxylation is 1. The number of pyridine rings is 1. The van der Waals surface area contributed by atoms with E-state index in [0.29, 0.717) is 23.5 Å². The van der Waals surface area contributed by atoms with Crippen LogP contribution in [-0.4, -0.2) is 84.8 Å². The van der Waals surface area contributed by atoms with Crippen molar-refractivity contribution in [2.75, 3.05) is 41.3 Å². The number of hydrogen-bond acceptors (Lipinski definition) is 10. The van der Waals surface area contributed by atoms with Gasteiger partial charge in [-0.15, -0.1) is 0 Å². The van der Waals surface area contributed by atoms with Gasteiger partial charge in [0, 0.05) is 50.1 Å². The smallest absolute Gasteiger partial charge is 0.356 e. The van der Waals surface area contributed by atoms with Crippen LogP contribution in [0.4, 0.5) is 17.3 Å². The first-order valence-electron chi connectivity index (χ1n) is 16.3. The number of aromatic nitrogens is 6. The van der Waals surface area contributed by atoms with Crippen LogP contribution in [0.3, 0.4) is 0 Å². The molecule has 4 fully saturated rings. The Hall–Kier alpha value is -4.65. The number of aromatic carboxylic acids is 1. The number of carboxylic acids is 1. The minimum absolute atomic E-state index is 0.00692. The minimum Gasteiger partial charge on any atom is -0.476 e. The van der Waals surface area contributed by atoms with Crippen LogP contribution in [0.25, 0.3) is 5.52 Å². The number of carboxylic acid groups (broad SMARTS) is 1. The number of fused-ring (bicyclic) bond motifs is 1. The Kier molecular flexibility index (Phi) is 8.48. The molecule has 46 heavy (non-hydrogen) atoms. The molecule has 2 saturated carbocycles. The summed E-state index contributed by atoms with van der Waals surface area (Å²) >= 11 is 0. The molecule has 0 aromatic carbocycles. The Balaban J connectivity index is 0.000000162. The van der Waals surface area contributed by atoms with Crippen LogP contribution >= 0.6 is 0 Å². The topological polar surface area (TPSA) is 154 Å². The van der Waals surface area contributed by atoms with Crippen LogP contribution in [0.2, 0.25) is 0 Å². The minimum atomic E-state index is -1.03. The predicted molar refractivity (Wildman–Crippen MR) is 173 cm³/mol. The van der Waals surface area contributed by atoms with Gasteiger partial charge in [0.05, 0.1) is 36.0 Å². The van der Waals surface area contributed by atoms with Gasteiger partial charge in [-0.25, -0.2) is 29.2 Å². The zero-order chi connectivity index (χ0) is 31.6. The maximum atomic E-state index is 12.5. The van der Waals surface area contributed by atoms with Crippen molar-refractivity contribution in [3.63, 3.8) is 0 Å². The van der Waals surface area contributed by atoms with E-state index in [2.05, 4.69) is 45.5 Å². The molecule has 2 unspecified atom stereocenters. The second-order valence-electron chi connectivity index (χ2n) is 13.0. The van der Waals surface area contributed by atoms with E-state index in [9.17, 15) is 9.59 Å². The largest absolute Gasteiger partial charge is 0.476 e. The van der Waals surface area contributed by atoms with Crippen LogP contribution < -0.4 is 20.4 Å². The molecular formula is C33H40N10O3. The summed E-state index contributed by atoms with van der Waals surface area (Å²) in [6.45, 7) is 5.90. The number of hydrogen-bond donors (Lipinski definition) is 3. The molecule has 0 spiro atoms. The highest BCUT2D eigenvalue weighted by Gasteiger charge is 2.31. The first-order chi connectivity index (χ1) is 22.4. The fourth-order valence-corrected chi connectivity index (χ4v) is 6.34. The summed E-state index contributed by atoms with van der Waals surface area (Å²) in [5.74, 6) is 2.08. The van der Waals surface area contributed by atoms with E-state index in [1.54, 1.807) is 23.1 Å². The van der Waals surface area contributed by atoms with E-state index < -0.39 is 5.97 Å². The van der Waals surface area contributed by atoms with Crippen molar-refractivity contribution < 1.29 is 14.7 Å². The van der Waals surface area contributed by atoms with Gasteiger partial charge in [0.2, 0.25) is 0 Å². The van der Waals surface area contributed by atoms with Crippen LogP contribution in [-0.2, 0) is 0 Å². The lowest BCUT2D eigenvalue weighted by Crippen LogP contribution is -2.34. The van der Waals surface area contributed by atoms with E-state index in [1.165, 1.54) is 44.7 Å². The van der Waals surface area contributed by atoms with E-state index in [-0.39, 0.29) is 11.6 Å². The number of nitrogens with one attached hydrogen (secondary N) is 2. The quantitative estimate of drug-likeness (QED) is 0.249. The van der Waals surface area contributed by atoms with Gasteiger partial charge in [0.1, 0.15) is 17.3 Å². The molecule has 13 heteroatoms. The molecule has 4 aromatic rings. The lowest BCUT2D eigenvalue weighted by molar-refractivity contribution is 0.0689. The molecule has 4 aromatic heterocycles. The van der Waals surface area contributed by atoms with Gasteiger partial charge in [0.25, 0.3) is 5.91 Å². The highest BCUT2D eigenvalue weighted by atomic mass is 16.4. The van der Waals surface area contributed by atoms with Gasteiger partial charge < -0.3 is 25.5 Å². The van der Waals surface area contributed by atoms with Crippen LogP contribution in [0.5, 0.6) is 0 Å². The van der Waals surface area contributed by atoms with E-state index in [4.69, 9.17) is 5.11 Å². The Labute approximate surface area is 267 Å². The third-order valence-corrected chi connectivity index (χ3v) is 9.11. The van der Waals surface area contributed by atoms with Gasteiger partial charge in [-0.05, 0) is 69.1 Å². The number of nitrogens with zero attached hydrogens (tertiary/aromatic N) is 8. The van der Waals surface area contributed by atoms with Crippen molar-refractivity contribution in [1.82, 2.24) is 34.9 Å². The summed E-state index contributed by atoms with van der Waals surface area (Å²) in [6, 6.07) is 6.91. The van der Waals surface area contributed by atoms with Crippen molar-refractivity contribution in [3.05, 3.63) is 66.3 Å². The predicted octanol–water partition coefficient (Wildman–Crippen LogP) is 3.82. The molecule has 2 atom stereocenters. The molecule has 2 aliphatic carbocycles. The number of carbonyl (C=O) groups is 2. The summed E-state index contributed by atoms with van der Waals surface area (Å²) in [7, 11) is 0. The first kappa shape index (κ1) is 30.0. The molecule has 6 heterocycles. The maximum absolute atomic E-state index is 12.5. The van der Waals surface area contributed by atoms with Gasteiger partial charge >= 0.3 is 5.97 Å². The Morgan fingerprint density at radius 1 is 0.826 bits per heavy atom. The second-order valence-corrected chi connectivity index (χ2v) is 13.0.